The van der Waals surface area contributed by atoms with Crippen molar-refractivity contribution in [2.75, 3.05) is 20.2 Å². The van der Waals surface area contributed by atoms with Crippen LogP contribution in [0.15, 0.2) is 70.9 Å². The lowest BCUT2D eigenvalue weighted by atomic mass is 9.83. The summed E-state index contributed by atoms with van der Waals surface area (Å²) < 4.78 is 72.2. The number of halogens is 5. The van der Waals surface area contributed by atoms with Crippen molar-refractivity contribution in [1.82, 2.24) is 16.0 Å². The number of rotatable bonds is 5. The highest BCUT2D eigenvalue weighted by atomic mass is 19.4. The summed E-state index contributed by atoms with van der Waals surface area (Å²) in [6.45, 7) is 1.22. The highest BCUT2D eigenvalue weighted by molar-refractivity contribution is 5.80. The second-order valence-electron chi connectivity index (χ2n) is 8.14. The third-order valence-corrected chi connectivity index (χ3v) is 5.95. The molecule has 0 aromatic heterocycles. The molecule has 2 heterocycles. The van der Waals surface area contributed by atoms with E-state index in [-0.39, 0.29) is 5.92 Å². The molecule has 1 aliphatic carbocycles. The van der Waals surface area contributed by atoms with Gasteiger partial charge in [-0.1, -0.05) is 12.1 Å². The fourth-order valence-electron chi connectivity index (χ4n) is 4.36. The average molecular weight is 465 g/mol. The van der Waals surface area contributed by atoms with Gasteiger partial charge in [0.2, 0.25) is 0 Å². The molecule has 0 amide bonds. The summed E-state index contributed by atoms with van der Waals surface area (Å²) in [5.41, 5.74) is 3.29. The Kier molecular flexibility index (Phi) is 6.23. The van der Waals surface area contributed by atoms with Crippen LogP contribution in [-0.2, 0) is 4.74 Å². The third-order valence-electron chi connectivity index (χ3n) is 5.95. The summed E-state index contributed by atoms with van der Waals surface area (Å²) in [5, 5.41) is 9.19. The largest absolute Gasteiger partial charge is 0.499 e. The maximum Gasteiger partial charge on any atom is 0.405 e. The molecular weight excluding hydrogens is 441 g/mol. The second kappa shape index (κ2) is 8.96. The Balaban J connectivity index is 1.84. The van der Waals surface area contributed by atoms with Gasteiger partial charge in [-0.2, -0.15) is 13.2 Å². The highest BCUT2D eigenvalue weighted by Gasteiger charge is 2.36. The first-order chi connectivity index (χ1) is 15.7. The number of ether oxygens (including phenoxy) is 1. The van der Waals surface area contributed by atoms with Crippen molar-refractivity contribution in [3.63, 3.8) is 0 Å². The number of fused-ring (bicyclic) bond motifs is 1. The molecule has 2 atom stereocenters. The minimum Gasteiger partial charge on any atom is -0.499 e. The van der Waals surface area contributed by atoms with Crippen molar-refractivity contribution in [3.05, 3.63) is 88.1 Å². The van der Waals surface area contributed by atoms with Gasteiger partial charge in [-0.25, -0.2) is 8.78 Å². The van der Waals surface area contributed by atoms with E-state index in [0.717, 1.165) is 24.3 Å². The van der Waals surface area contributed by atoms with Gasteiger partial charge in [0, 0.05) is 29.4 Å². The third kappa shape index (κ3) is 4.77. The van der Waals surface area contributed by atoms with Crippen molar-refractivity contribution < 1.29 is 26.7 Å². The summed E-state index contributed by atoms with van der Waals surface area (Å²) in [4.78, 5) is 0. The van der Waals surface area contributed by atoms with Gasteiger partial charge >= 0.3 is 6.18 Å². The molecule has 9 heteroatoms. The van der Waals surface area contributed by atoms with Gasteiger partial charge in [0.05, 0.1) is 7.11 Å². The number of methoxy groups -OCH3 is 1. The Morgan fingerprint density at radius 2 is 1.94 bits per heavy atom. The number of hydrogen-bond donors (Lipinski definition) is 3. The maximum absolute atomic E-state index is 13.9. The molecule has 0 saturated carbocycles. The van der Waals surface area contributed by atoms with Gasteiger partial charge < -0.3 is 20.7 Å². The lowest BCUT2D eigenvalue weighted by Gasteiger charge is -2.38. The quantitative estimate of drug-likeness (QED) is 0.554. The van der Waals surface area contributed by atoms with Crippen LogP contribution in [0.4, 0.5) is 22.0 Å². The number of nitrogens with one attached hydrogen (secondary N) is 3. The van der Waals surface area contributed by atoms with Gasteiger partial charge in [0.15, 0.2) is 11.6 Å². The minimum absolute atomic E-state index is 0.0499. The Morgan fingerprint density at radius 3 is 2.58 bits per heavy atom. The Morgan fingerprint density at radius 1 is 1.15 bits per heavy atom. The molecule has 0 saturated heterocycles. The summed E-state index contributed by atoms with van der Waals surface area (Å²) >= 11 is 0. The van der Waals surface area contributed by atoms with Crippen molar-refractivity contribution in [1.29, 1.82) is 0 Å². The fraction of sp³-hybridized carbons (Fsp3) is 0.333. The number of alkyl halides is 3. The van der Waals surface area contributed by atoms with Crippen molar-refractivity contribution in [2.45, 2.75) is 25.6 Å². The Hall–Kier alpha value is -3.23. The van der Waals surface area contributed by atoms with Gasteiger partial charge in [-0.15, -0.1) is 0 Å². The molecule has 4 nitrogen and oxygen atoms in total. The number of dihydropyridines is 1. The molecular formula is C24H24F5N3O. The van der Waals surface area contributed by atoms with E-state index >= 15 is 0 Å². The zero-order chi connectivity index (χ0) is 23.8. The van der Waals surface area contributed by atoms with E-state index in [2.05, 4.69) is 16.0 Å². The maximum atomic E-state index is 13.9. The average Bonchev–Trinajstić information content (AvgIpc) is 2.79. The van der Waals surface area contributed by atoms with E-state index in [1.165, 1.54) is 13.2 Å². The SMILES string of the molecule is COC1=CC(c2ccc(F)c(F)c2)=CC2=C(NCC(F)(F)F)C(C)=C(C3CC=CNC3)NC12. The van der Waals surface area contributed by atoms with Crippen LogP contribution in [-0.4, -0.2) is 32.4 Å². The Bertz CT molecular complexity index is 1100. The van der Waals surface area contributed by atoms with Crippen LogP contribution in [0.1, 0.15) is 18.9 Å². The Labute approximate surface area is 188 Å². The van der Waals surface area contributed by atoms with Crippen LogP contribution in [0.25, 0.3) is 5.57 Å². The molecule has 2 aliphatic heterocycles. The van der Waals surface area contributed by atoms with Crippen molar-refractivity contribution in [3.8, 4) is 0 Å². The number of benzene rings is 1. The minimum atomic E-state index is -4.41. The van der Waals surface area contributed by atoms with Crippen LogP contribution in [0.2, 0.25) is 0 Å². The molecule has 1 aromatic rings. The van der Waals surface area contributed by atoms with Crippen LogP contribution >= 0.6 is 0 Å². The molecule has 0 fully saturated rings. The van der Waals surface area contributed by atoms with E-state index < -0.39 is 30.4 Å². The molecule has 0 spiro atoms. The molecule has 4 rings (SSSR count). The molecule has 1 aromatic carbocycles. The molecule has 3 N–H and O–H groups in total. The van der Waals surface area contributed by atoms with Gasteiger partial charge in [-0.3, -0.25) is 0 Å². The van der Waals surface area contributed by atoms with E-state index in [9.17, 15) is 22.0 Å². The molecule has 0 radical (unpaired) electrons. The van der Waals surface area contributed by atoms with Crippen LogP contribution in [0.5, 0.6) is 0 Å². The predicted molar refractivity (Wildman–Crippen MR) is 115 cm³/mol. The zero-order valence-corrected chi connectivity index (χ0v) is 18.1. The molecule has 2 unspecified atom stereocenters. The highest BCUT2D eigenvalue weighted by Crippen LogP contribution is 2.38. The van der Waals surface area contributed by atoms with Crippen LogP contribution in [0, 0.1) is 17.6 Å². The topological polar surface area (TPSA) is 45.3 Å². The molecule has 3 aliphatic rings. The van der Waals surface area contributed by atoms with Crippen LogP contribution in [0.3, 0.4) is 0 Å². The first kappa shape index (κ1) is 22.9. The first-order valence-electron chi connectivity index (χ1n) is 10.5. The van der Waals surface area contributed by atoms with Crippen LogP contribution < -0.4 is 16.0 Å². The van der Waals surface area contributed by atoms with E-state index in [4.69, 9.17) is 4.74 Å². The van der Waals surface area contributed by atoms with E-state index in [1.54, 1.807) is 19.1 Å². The summed E-state index contributed by atoms with van der Waals surface area (Å²) in [6, 6.07) is 2.96. The molecule has 33 heavy (non-hydrogen) atoms. The number of allylic oxidation sites excluding steroid dienone is 4. The van der Waals surface area contributed by atoms with Crippen molar-refractivity contribution in [2.24, 2.45) is 5.92 Å². The number of hydrogen-bond acceptors (Lipinski definition) is 4. The second-order valence-corrected chi connectivity index (χ2v) is 8.14. The van der Waals surface area contributed by atoms with Gasteiger partial charge in [0.1, 0.15) is 18.3 Å². The summed E-state index contributed by atoms with van der Waals surface area (Å²) in [5.74, 6) is -1.48. The van der Waals surface area contributed by atoms with Crippen molar-refractivity contribution >= 4 is 5.57 Å². The molecule has 176 valence electrons. The summed E-state index contributed by atoms with van der Waals surface area (Å²) in [7, 11) is 1.47. The normalized spacial score (nSPS) is 22.8. The van der Waals surface area contributed by atoms with Gasteiger partial charge in [-0.05, 0) is 60.5 Å². The monoisotopic (exact) mass is 465 g/mol. The standard InChI is InChI=1S/C24H24F5N3O/c1-13-21(15-4-3-7-30-11-15)32-23-17(22(13)31-12-24(27,28)29)8-16(10-20(23)33-2)14-5-6-18(25)19(26)9-14/h3,5-10,15,23,30-32H,4,11-12H2,1-2H3. The summed E-state index contributed by atoms with van der Waals surface area (Å²) in [6.07, 6.45) is 3.54. The predicted octanol–water partition coefficient (Wildman–Crippen LogP) is 4.67. The van der Waals surface area contributed by atoms with Gasteiger partial charge in [0.25, 0.3) is 0 Å². The lowest BCUT2D eigenvalue weighted by Crippen LogP contribution is -2.45. The molecule has 0 bridgehead atoms. The smallest absolute Gasteiger partial charge is 0.405 e. The van der Waals surface area contributed by atoms with E-state index in [0.29, 0.717) is 40.3 Å². The van der Waals surface area contributed by atoms with E-state index in [1.807, 2.05) is 12.3 Å². The lowest BCUT2D eigenvalue weighted by molar-refractivity contribution is -0.123. The fourth-order valence-corrected chi connectivity index (χ4v) is 4.36. The zero-order valence-electron chi connectivity index (χ0n) is 18.1. The first-order valence-corrected chi connectivity index (χ1v) is 10.5.